The first-order valence-electron chi connectivity index (χ1n) is 10.2. The maximum Gasteiger partial charge on any atom is 0.123 e. The predicted molar refractivity (Wildman–Crippen MR) is 117 cm³/mol. The summed E-state index contributed by atoms with van der Waals surface area (Å²) in [5.41, 5.74) is 2.99. The number of aliphatic hydroxyl groups is 1. The van der Waals surface area contributed by atoms with Gasteiger partial charge in [0.25, 0.3) is 0 Å². The van der Waals surface area contributed by atoms with Crippen molar-refractivity contribution in [3.8, 4) is 11.8 Å². The van der Waals surface area contributed by atoms with Crippen molar-refractivity contribution in [3.63, 3.8) is 0 Å². The summed E-state index contributed by atoms with van der Waals surface area (Å²) in [6, 6.07) is 13.6. The molecule has 3 aromatic rings. The van der Waals surface area contributed by atoms with Crippen LogP contribution in [0.3, 0.4) is 0 Å². The minimum Gasteiger partial charge on any atom is -0.393 e. The van der Waals surface area contributed by atoms with E-state index in [-0.39, 0.29) is 11.9 Å². The smallest absolute Gasteiger partial charge is 0.123 e. The van der Waals surface area contributed by atoms with Crippen molar-refractivity contribution in [2.75, 3.05) is 0 Å². The van der Waals surface area contributed by atoms with Gasteiger partial charge in [-0.1, -0.05) is 43.2 Å². The van der Waals surface area contributed by atoms with E-state index in [4.69, 9.17) is 10.5 Å². The Bertz CT molecular complexity index is 978. The van der Waals surface area contributed by atoms with E-state index in [2.05, 4.69) is 16.8 Å². The second-order valence-electron chi connectivity index (χ2n) is 7.34. The molecular formula is C25H26FN3O. The first-order chi connectivity index (χ1) is 14.6. The maximum absolute atomic E-state index is 12.8. The Morgan fingerprint density at radius 3 is 2.10 bits per heavy atom. The molecule has 0 atom stereocenters. The van der Waals surface area contributed by atoms with Crippen LogP contribution in [-0.2, 0) is 6.54 Å². The van der Waals surface area contributed by atoms with E-state index in [1.807, 2.05) is 35.0 Å². The molecule has 1 fully saturated rings. The largest absolute Gasteiger partial charge is 0.393 e. The van der Waals surface area contributed by atoms with Gasteiger partial charge in [0.2, 0.25) is 0 Å². The summed E-state index contributed by atoms with van der Waals surface area (Å²) < 4.78 is 14.7. The van der Waals surface area contributed by atoms with Gasteiger partial charge >= 0.3 is 0 Å². The lowest BCUT2D eigenvalue weighted by Crippen LogP contribution is -2.09. The average molecular weight is 404 g/mol. The van der Waals surface area contributed by atoms with Gasteiger partial charge in [-0.2, -0.15) is 0 Å². The number of rotatable bonds is 3. The predicted octanol–water partition coefficient (Wildman–Crippen LogP) is 4.80. The number of aliphatic hydroxyl groups excluding tert-OH is 1. The van der Waals surface area contributed by atoms with Gasteiger partial charge in [-0.15, -0.1) is 0 Å². The number of hydrogen-bond acceptors (Lipinski definition) is 3. The zero-order valence-electron chi connectivity index (χ0n) is 16.9. The summed E-state index contributed by atoms with van der Waals surface area (Å²) in [7, 11) is 0. The molecule has 4 rings (SSSR count). The van der Waals surface area contributed by atoms with Gasteiger partial charge in [0.05, 0.1) is 24.7 Å². The molecule has 2 N–H and O–H groups in total. The van der Waals surface area contributed by atoms with Gasteiger partial charge in [0.15, 0.2) is 0 Å². The van der Waals surface area contributed by atoms with Gasteiger partial charge in [-0.05, 0) is 54.8 Å². The number of halogens is 1. The van der Waals surface area contributed by atoms with Crippen LogP contribution in [0.25, 0.3) is 0 Å². The molecule has 5 heteroatoms. The highest BCUT2D eigenvalue weighted by atomic mass is 19.1. The molecule has 0 saturated heterocycles. The Morgan fingerprint density at radius 1 is 1.00 bits per heavy atom. The molecule has 2 aromatic carbocycles. The highest BCUT2D eigenvalue weighted by Gasteiger charge is 2.07. The summed E-state index contributed by atoms with van der Waals surface area (Å²) in [4.78, 5) is 3.97. The van der Waals surface area contributed by atoms with Crippen LogP contribution in [0.15, 0.2) is 67.3 Å². The number of nitrogens with one attached hydrogen (secondary N) is 1. The van der Waals surface area contributed by atoms with Crippen molar-refractivity contribution in [3.05, 3.63) is 89.8 Å². The lowest BCUT2D eigenvalue weighted by molar-refractivity contribution is 0.130. The Morgan fingerprint density at radius 2 is 1.60 bits per heavy atom. The number of benzene rings is 2. The fraction of sp³-hybridized carbons (Fsp3) is 0.280. The van der Waals surface area contributed by atoms with Crippen LogP contribution >= 0.6 is 0 Å². The molecule has 0 spiro atoms. The molecule has 0 unspecified atom stereocenters. The van der Waals surface area contributed by atoms with E-state index in [1.54, 1.807) is 24.7 Å². The topological polar surface area (TPSA) is 61.9 Å². The van der Waals surface area contributed by atoms with E-state index in [0.717, 1.165) is 29.5 Å². The Labute approximate surface area is 176 Å². The van der Waals surface area contributed by atoms with E-state index >= 15 is 0 Å². The fourth-order valence-corrected chi connectivity index (χ4v) is 3.17. The van der Waals surface area contributed by atoms with Gasteiger partial charge in [0, 0.05) is 23.5 Å². The zero-order chi connectivity index (χ0) is 21.2. The molecule has 0 radical (unpaired) electrons. The molecule has 1 saturated carbocycles. The van der Waals surface area contributed by atoms with E-state index < -0.39 is 0 Å². The van der Waals surface area contributed by atoms with Crippen molar-refractivity contribution in [1.82, 2.24) is 9.55 Å². The van der Waals surface area contributed by atoms with Crippen molar-refractivity contribution in [2.24, 2.45) is 0 Å². The third-order valence-electron chi connectivity index (χ3n) is 4.90. The summed E-state index contributed by atoms with van der Waals surface area (Å²) >= 11 is 0. The molecular weight excluding hydrogens is 377 g/mol. The normalized spacial score (nSPS) is 13.5. The quantitative estimate of drug-likeness (QED) is 0.487. The van der Waals surface area contributed by atoms with Crippen LogP contribution in [0.1, 0.15) is 48.8 Å². The highest BCUT2D eigenvalue weighted by Crippen LogP contribution is 2.16. The number of nitrogens with zero attached hydrogens (tertiary/aromatic N) is 2. The second-order valence-corrected chi connectivity index (χ2v) is 7.34. The maximum atomic E-state index is 12.8. The Kier molecular flexibility index (Phi) is 7.94. The molecule has 4 nitrogen and oxygen atoms in total. The fourth-order valence-electron chi connectivity index (χ4n) is 3.17. The third-order valence-corrected chi connectivity index (χ3v) is 4.90. The molecule has 1 heterocycles. The van der Waals surface area contributed by atoms with Gasteiger partial charge in [-0.25, -0.2) is 9.37 Å². The summed E-state index contributed by atoms with van der Waals surface area (Å²) in [5, 5.41) is 17.0. The highest BCUT2D eigenvalue weighted by molar-refractivity contribution is 5.98. The minimum absolute atomic E-state index is 0.0359. The number of hydrogen-bond donors (Lipinski definition) is 2. The molecule has 30 heavy (non-hydrogen) atoms. The zero-order valence-corrected chi connectivity index (χ0v) is 16.9. The molecule has 154 valence electrons. The van der Waals surface area contributed by atoms with Crippen LogP contribution in [0.4, 0.5) is 4.39 Å². The van der Waals surface area contributed by atoms with E-state index in [9.17, 15) is 4.39 Å². The SMILES string of the molecule is N=C(Cn1ccnc1)c1ccc(C#Cc2ccc(F)cc2)cc1.OC1CCCCC1. The van der Waals surface area contributed by atoms with Gasteiger partial charge < -0.3 is 15.1 Å². The molecule has 1 aromatic heterocycles. The van der Waals surface area contributed by atoms with Crippen molar-refractivity contribution < 1.29 is 9.50 Å². The van der Waals surface area contributed by atoms with Crippen molar-refractivity contribution >= 4 is 5.71 Å². The summed E-state index contributed by atoms with van der Waals surface area (Å²) in [5.74, 6) is 5.76. The van der Waals surface area contributed by atoms with Gasteiger partial charge in [0.1, 0.15) is 5.82 Å². The minimum atomic E-state index is -0.267. The number of aromatic nitrogens is 2. The molecule has 0 bridgehead atoms. The van der Waals surface area contributed by atoms with Crippen LogP contribution in [0.5, 0.6) is 0 Å². The van der Waals surface area contributed by atoms with Crippen LogP contribution < -0.4 is 0 Å². The average Bonchev–Trinajstić information content (AvgIpc) is 3.28. The Hall–Kier alpha value is -3.23. The van der Waals surface area contributed by atoms with E-state index in [0.29, 0.717) is 12.3 Å². The molecule has 0 amide bonds. The lowest BCUT2D eigenvalue weighted by Gasteiger charge is -2.14. The molecule has 0 aliphatic heterocycles. The van der Waals surface area contributed by atoms with Gasteiger partial charge in [-0.3, -0.25) is 0 Å². The van der Waals surface area contributed by atoms with Crippen LogP contribution in [0, 0.1) is 23.1 Å². The first kappa shape index (κ1) is 21.5. The first-order valence-corrected chi connectivity index (χ1v) is 10.2. The third kappa shape index (κ3) is 6.98. The monoisotopic (exact) mass is 403 g/mol. The van der Waals surface area contributed by atoms with Crippen LogP contribution in [0.2, 0.25) is 0 Å². The lowest BCUT2D eigenvalue weighted by atomic mass is 9.98. The van der Waals surface area contributed by atoms with Crippen molar-refractivity contribution in [2.45, 2.75) is 44.8 Å². The molecule has 1 aliphatic rings. The standard InChI is InChI=1S/C19H14FN3.C6H12O/c20-18-9-5-16(6-10-18)2-1-15-3-7-17(8-4-15)19(21)13-23-12-11-22-14-23;7-6-4-2-1-3-5-6/h3-12,14,21H,13H2;6-7H,1-5H2. The number of imidazole rings is 1. The molecule has 1 aliphatic carbocycles. The summed E-state index contributed by atoms with van der Waals surface area (Å²) in [6.07, 6.45) is 11.1. The van der Waals surface area contributed by atoms with Crippen molar-refractivity contribution in [1.29, 1.82) is 5.41 Å². The summed E-state index contributed by atoms with van der Waals surface area (Å²) in [6.45, 7) is 0.487. The Balaban J connectivity index is 0.000000310. The van der Waals surface area contributed by atoms with E-state index in [1.165, 1.54) is 31.4 Å². The van der Waals surface area contributed by atoms with Crippen LogP contribution in [-0.4, -0.2) is 26.5 Å². The second kappa shape index (κ2) is 11.1.